The van der Waals surface area contributed by atoms with E-state index in [-0.39, 0.29) is 23.4 Å². The first-order chi connectivity index (χ1) is 14.3. The third-order valence-corrected chi connectivity index (χ3v) is 7.21. The first-order valence-electron chi connectivity index (χ1n) is 10.2. The minimum absolute atomic E-state index is 0.145. The molecule has 0 aromatic heterocycles. The van der Waals surface area contributed by atoms with Crippen molar-refractivity contribution in [1.82, 2.24) is 4.90 Å². The van der Waals surface area contributed by atoms with Gasteiger partial charge in [0.05, 0.1) is 18.4 Å². The second kappa shape index (κ2) is 6.11. The summed E-state index contributed by atoms with van der Waals surface area (Å²) in [6, 6.07) is 12.6. The van der Waals surface area contributed by atoms with Crippen LogP contribution >= 0.6 is 0 Å². The number of carbonyl (C=O) groups is 2. The van der Waals surface area contributed by atoms with E-state index < -0.39 is 11.5 Å². The van der Waals surface area contributed by atoms with Crippen molar-refractivity contribution in [2.24, 2.45) is 5.41 Å². The fourth-order valence-corrected chi connectivity index (χ4v) is 5.44. The second-order valence-electron chi connectivity index (χ2n) is 8.82. The molecule has 2 aromatic rings. The summed E-state index contributed by atoms with van der Waals surface area (Å²) in [7, 11) is 1.64. The van der Waals surface area contributed by atoms with E-state index in [2.05, 4.69) is 37.1 Å². The molecule has 1 saturated heterocycles. The lowest BCUT2D eigenvalue weighted by molar-refractivity contribution is -0.119. The van der Waals surface area contributed by atoms with E-state index >= 15 is 0 Å². The molecular formula is C24H25N3O3. The number of amides is 2. The summed E-state index contributed by atoms with van der Waals surface area (Å²) >= 11 is 0. The molecule has 0 bridgehead atoms. The summed E-state index contributed by atoms with van der Waals surface area (Å²) in [6.45, 7) is 8.34. The Kier molecular flexibility index (Phi) is 3.81. The topological polar surface area (TPSA) is 70.7 Å². The van der Waals surface area contributed by atoms with Gasteiger partial charge < -0.3 is 20.3 Å². The van der Waals surface area contributed by atoms with Crippen molar-refractivity contribution in [2.45, 2.75) is 37.9 Å². The molecule has 3 atom stereocenters. The SMILES string of the molecule is C=CC(C)(C)C12CC3C(=O)Nc4ccccc4C(=O)N3C1Nc1cc(OC)ccc12. The molecule has 6 heteroatoms. The number of hydrogen-bond donors (Lipinski definition) is 2. The molecule has 0 saturated carbocycles. The number of rotatable bonds is 3. The normalized spacial score (nSPS) is 26.6. The number of fused-ring (bicyclic) bond motifs is 6. The van der Waals surface area contributed by atoms with Gasteiger partial charge in [-0.05, 0) is 35.6 Å². The molecule has 5 rings (SSSR count). The lowest BCUT2D eigenvalue weighted by Gasteiger charge is -2.43. The third kappa shape index (κ3) is 2.19. The summed E-state index contributed by atoms with van der Waals surface area (Å²) in [4.78, 5) is 28.6. The molecule has 2 aromatic carbocycles. The second-order valence-corrected chi connectivity index (χ2v) is 8.82. The van der Waals surface area contributed by atoms with Crippen molar-refractivity contribution in [2.75, 3.05) is 17.7 Å². The van der Waals surface area contributed by atoms with Gasteiger partial charge in [0.15, 0.2) is 0 Å². The molecule has 2 N–H and O–H groups in total. The van der Waals surface area contributed by atoms with Gasteiger partial charge in [-0.1, -0.05) is 38.1 Å². The van der Waals surface area contributed by atoms with Crippen molar-refractivity contribution < 1.29 is 14.3 Å². The first-order valence-corrected chi connectivity index (χ1v) is 10.2. The Balaban J connectivity index is 1.72. The Morgan fingerprint density at radius 2 is 1.97 bits per heavy atom. The highest BCUT2D eigenvalue weighted by Crippen LogP contribution is 2.61. The summed E-state index contributed by atoms with van der Waals surface area (Å²) in [5.74, 6) is 0.446. The fraction of sp³-hybridized carbons (Fsp3) is 0.333. The lowest BCUT2D eigenvalue weighted by Crippen LogP contribution is -2.53. The van der Waals surface area contributed by atoms with Gasteiger partial charge in [0, 0.05) is 17.2 Å². The quantitative estimate of drug-likeness (QED) is 0.766. The molecule has 3 aliphatic heterocycles. The zero-order chi connectivity index (χ0) is 21.3. The number of allylic oxidation sites excluding steroid dienone is 1. The zero-order valence-electron chi connectivity index (χ0n) is 17.4. The predicted molar refractivity (Wildman–Crippen MR) is 116 cm³/mol. The number of nitrogens with zero attached hydrogens (tertiary/aromatic N) is 1. The van der Waals surface area contributed by atoms with Gasteiger partial charge in [-0.3, -0.25) is 9.59 Å². The summed E-state index contributed by atoms with van der Waals surface area (Å²) in [5.41, 5.74) is 2.21. The number of ether oxygens (including phenoxy) is 1. The van der Waals surface area contributed by atoms with Crippen molar-refractivity contribution in [3.63, 3.8) is 0 Å². The van der Waals surface area contributed by atoms with Crippen LogP contribution in [-0.4, -0.2) is 36.0 Å². The van der Waals surface area contributed by atoms with Crippen LogP contribution in [0, 0.1) is 5.41 Å². The predicted octanol–water partition coefficient (Wildman–Crippen LogP) is 3.76. The van der Waals surface area contributed by atoms with Crippen LogP contribution in [0.5, 0.6) is 5.75 Å². The van der Waals surface area contributed by atoms with Gasteiger partial charge in [-0.15, -0.1) is 6.58 Å². The minimum atomic E-state index is -0.572. The number of hydrogen-bond acceptors (Lipinski definition) is 4. The number of anilines is 2. The van der Waals surface area contributed by atoms with Crippen molar-refractivity contribution in [3.8, 4) is 5.75 Å². The molecule has 3 heterocycles. The van der Waals surface area contributed by atoms with E-state index in [0.717, 1.165) is 17.0 Å². The maximum absolute atomic E-state index is 13.7. The molecule has 3 aliphatic rings. The monoisotopic (exact) mass is 403 g/mol. The van der Waals surface area contributed by atoms with E-state index in [4.69, 9.17) is 4.74 Å². The van der Waals surface area contributed by atoms with Gasteiger partial charge in [0.2, 0.25) is 5.91 Å². The molecule has 1 fully saturated rings. The molecule has 2 amide bonds. The molecular weight excluding hydrogens is 378 g/mol. The molecule has 154 valence electrons. The van der Waals surface area contributed by atoms with Crippen molar-refractivity contribution >= 4 is 23.2 Å². The average Bonchev–Trinajstić information content (AvgIpc) is 3.22. The Labute approximate surface area is 175 Å². The van der Waals surface area contributed by atoms with E-state index in [1.807, 2.05) is 30.3 Å². The summed E-state index contributed by atoms with van der Waals surface area (Å²) in [6.07, 6.45) is 2.07. The van der Waals surface area contributed by atoms with E-state index in [1.165, 1.54) is 0 Å². The third-order valence-electron chi connectivity index (χ3n) is 7.21. The van der Waals surface area contributed by atoms with Gasteiger partial charge in [0.25, 0.3) is 5.91 Å². The first kappa shape index (κ1) is 18.7. The molecule has 6 nitrogen and oxygen atoms in total. The van der Waals surface area contributed by atoms with Crippen LogP contribution in [0.2, 0.25) is 0 Å². The highest BCUT2D eigenvalue weighted by atomic mass is 16.5. The van der Waals surface area contributed by atoms with Crippen LogP contribution in [0.4, 0.5) is 11.4 Å². The smallest absolute Gasteiger partial charge is 0.258 e. The average molecular weight is 403 g/mol. The molecule has 30 heavy (non-hydrogen) atoms. The molecule has 0 spiro atoms. The maximum atomic E-state index is 13.7. The van der Waals surface area contributed by atoms with Crippen LogP contribution in [0.25, 0.3) is 0 Å². The maximum Gasteiger partial charge on any atom is 0.258 e. The summed E-state index contributed by atoms with van der Waals surface area (Å²) in [5, 5.41) is 6.53. The largest absolute Gasteiger partial charge is 0.497 e. The van der Waals surface area contributed by atoms with E-state index in [9.17, 15) is 9.59 Å². The number of para-hydroxylation sites is 1. The van der Waals surface area contributed by atoms with Gasteiger partial charge in [-0.2, -0.15) is 0 Å². The van der Waals surface area contributed by atoms with E-state index in [1.54, 1.807) is 24.1 Å². The Morgan fingerprint density at radius 1 is 1.20 bits per heavy atom. The van der Waals surface area contributed by atoms with Gasteiger partial charge >= 0.3 is 0 Å². The zero-order valence-corrected chi connectivity index (χ0v) is 17.4. The van der Waals surface area contributed by atoms with E-state index in [0.29, 0.717) is 17.7 Å². The highest BCUT2D eigenvalue weighted by molar-refractivity contribution is 6.10. The Hall–Kier alpha value is -3.28. The molecule has 3 unspecified atom stereocenters. The Morgan fingerprint density at radius 3 is 2.70 bits per heavy atom. The van der Waals surface area contributed by atoms with Crippen LogP contribution in [0.15, 0.2) is 55.1 Å². The lowest BCUT2D eigenvalue weighted by atomic mass is 9.60. The molecule has 0 radical (unpaired) electrons. The summed E-state index contributed by atoms with van der Waals surface area (Å²) < 4.78 is 5.41. The minimum Gasteiger partial charge on any atom is -0.497 e. The number of nitrogens with one attached hydrogen (secondary N) is 2. The van der Waals surface area contributed by atoms with Gasteiger partial charge in [0.1, 0.15) is 18.0 Å². The fourth-order valence-electron chi connectivity index (χ4n) is 5.44. The van der Waals surface area contributed by atoms with Crippen molar-refractivity contribution in [3.05, 3.63) is 66.2 Å². The number of carbonyl (C=O) groups excluding carboxylic acids is 2. The number of methoxy groups -OCH3 is 1. The molecule has 0 aliphatic carbocycles. The van der Waals surface area contributed by atoms with Gasteiger partial charge in [-0.25, -0.2) is 0 Å². The standard InChI is InChI=1S/C24H25N3O3/c1-5-23(2,3)24-13-19-20(28)25-17-9-7-6-8-15(17)21(29)27(19)22(24)26-18-12-14(30-4)10-11-16(18)24/h5-12,19,22,26H,1,13H2,2-4H3,(H,25,28). The van der Waals surface area contributed by atoms with Crippen molar-refractivity contribution in [1.29, 1.82) is 0 Å². The Bertz CT molecular complexity index is 1090. The van der Waals surface area contributed by atoms with Crippen LogP contribution in [0.1, 0.15) is 36.2 Å². The van der Waals surface area contributed by atoms with Crippen LogP contribution in [0.3, 0.4) is 0 Å². The number of benzene rings is 2. The van der Waals surface area contributed by atoms with Crippen LogP contribution in [-0.2, 0) is 10.2 Å². The van der Waals surface area contributed by atoms with Crippen LogP contribution < -0.4 is 15.4 Å². The highest BCUT2D eigenvalue weighted by Gasteiger charge is 2.66.